The lowest BCUT2D eigenvalue weighted by atomic mass is 9.95. The molecule has 0 spiro atoms. The van der Waals surface area contributed by atoms with E-state index in [0.29, 0.717) is 31.6 Å². The number of amides is 3. The highest BCUT2D eigenvalue weighted by molar-refractivity contribution is 5.93. The van der Waals surface area contributed by atoms with Crippen LogP contribution >= 0.6 is 0 Å². The van der Waals surface area contributed by atoms with Crippen LogP contribution in [-0.2, 0) is 23.9 Å². The molecule has 1 aromatic carbocycles. The summed E-state index contributed by atoms with van der Waals surface area (Å²) in [7, 11) is 0. The molecule has 9 heteroatoms. The lowest BCUT2D eigenvalue weighted by molar-refractivity contribution is -0.168. The number of hydrogen-bond donors (Lipinski definition) is 2. The van der Waals surface area contributed by atoms with Crippen molar-refractivity contribution in [1.82, 2.24) is 10.2 Å². The van der Waals surface area contributed by atoms with Gasteiger partial charge in [-0.25, -0.2) is 4.79 Å². The van der Waals surface area contributed by atoms with Crippen LogP contribution in [0, 0.1) is 30.6 Å². The molecular formula is C25H33N3O6. The maximum atomic E-state index is 12.6. The Morgan fingerprint density at radius 1 is 1.12 bits per heavy atom. The predicted octanol–water partition coefficient (Wildman–Crippen LogP) is 2.81. The predicted molar refractivity (Wildman–Crippen MR) is 127 cm³/mol. The first-order valence-corrected chi connectivity index (χ1v) is 11.4. The zero-order valence-corrected chi connectivity index (χ0v) is 20.4. The Bertz CT molecular complexity index is 971. The number of piperidine rings is 1. The molecular weight excluding hydrogens is 438 g/mol. The van der Waals surface area contributed by atoms with Gasteiger partial charge in [0.05, 0.1) is 12.5 Å². The summed E-state index contributed by atoms with van der Waals surface area (Å²) in [5.74, 6) is 4.89. The summed E-state index contributed by atoms with van der Waals surface area (Å²) in [6.07, 6.45) is -0.464. The van der Waals surface area contributed by atoms with Gasteiger partial charge in [-0.15, -0.1) is 0 Å². The fraction of sp³-hybridized carbons (Fsp3) is 0.520. The summed E-state index contributed by atoms with van der Waals surface area (Å²) in [4.78, 5) is 49.1. The van der Waals surface area contributed by atoms with Crippen LogP contribution in [0.1, 0.15) is 51.7 Å². The van der Waals surface area contributed by atoms with Gasteiger partial charge in [0.25, 0.3) is 0 Å². The van der Waals surface area contributed by atoms with Crippen LogP contribution in [0.25, 0.3) is 0 Å². The molecule has 184 valence electrons. The summed E-state index contributed by atoms with van der Waals surface area (Å²) in [6, 6.07) is 5.47. The molecule has 3 amide bonds. The first-order valence-electron chi connectivity index (χ1n) is 11.4. The number of alkyl carbamates (subject to hydrolysis) is 1. The van der Waals surface area contributed by atoms with E-state index in [-0.39, 0.29) is 30.2 Å². The highest BCUT2D eigenvalue weighted by atomic mass is 16.7. The molecule has 1 unspecified atom stereocenters. The Morgan fingerprint density at radius 2 is 1.79 bits per heavy atom. The quantitative estimate of drug-likeness (QED) is 0.375. The number of aryl methyl sites for hydroxylation is 1. The third kappa shape index (κ3) is 8.43. The van der Waals surface area contributed by atoms with E-state index in [0.717, 1.165) is 11.1 Å². The monoisotopic (exact) mass is 471 g/mol. The molecule has 0 aliphatic carbocycles. The van der Waals surface area contributed by atoms with E-state index in [9.17, 15) is 19.2 Å². The fourth-order valence-electron chi connectivity index (χ4n) is 3.31. The Hall–Kier alpha value is -3.54. The van der Waals surface area contributed by atoms with Gasteiger partial charge in [0.1, 0.15) is 0 Å². The Balaban J connectivity index is 1.85. The first kappa shape index (κ1) is 26.7. The molecule has 1 aliphatic rings. The average Bonchev–Trinajstić information content (AvgIpc) is 2.78. The summed E-state index contributed by atoms with van der Waals surface area (Å²) >= 11 is 0. The van der Waals surface area contributed by atoms with Gasteiger partial charge in [-0.2, -0.15) is 0 Å². The maximum absolute atomic E-state index is 12.6. The number of likely N-dealkylation sites (tertiary alicyclic amines) is 1. The number of nitrogens with zero attached hydrogens (tertiary/aromatic N) is 1. The van der Waals surface area contributed by atoms with Crippen LogP contribution in [0.3, 0.4) is 0 Å². The molecule has 1 saturated heterocycles. The number of nitrogens with one attached hydrogen (secondary N) is 2. The number of rotatable bonds is 6. The maximum Gasteiger partial charge on any atom is 0.410 e. The number of carbonyl (C=O) groups is 4. The number of benzene rings is 1. The Labute approximate surface area is 200 Å². The van der Waals surface area contributed by atoms with Crippen LogP contribution in [-0.4, -0.2) is 54.7 Å². The van der Waals surface area contributed by atoms with Crippen LogP contribution in [0.5, 0.6) is 0 Å². The Kier molecular flexibility index (Phi) is 9.92. The Morgan fingerprint density at radius 3 is 2.41 bits per heavy atom. The van der Waals surface area contributed by atoms with E-state index in [1.165, 1.54) is 6.92 Å². The molecule has 2 N–H and O–H groups in total. The second-order valence-corrected chi connectivity index (χ2v) is 8.52. The standard InChI is InChI=1S/C25H33N3O6/c1-16(2)24(31)33-19(5)34-25(32)26-12-6-7-21-15-22(9-8-17(21)3)27-23(30)20-10-13-28(14-11-20)18(4)29/h8-9,15-16,19-20H,10-14H2,1-5H3,(H,26,32)(H,27,30). The zero-order valence-electron chi connectivity index (χ0n) is 20.4. The number of esters is 1. The SMILES string of the molecule is CC(=O)N1CCC(C(=O)Nc2ccc(C)c(C#CCNC(=O)OC(C)OC(=O)C(C)C)c2)CC1. The van der Waals surface area contributed by atoms with Crippen molar-refractivity contribution in [2.75, 3.05) is 25.0 Å². The van der Waals surface area contributed by atoms with Gasteiger partial charge in [0.15, 0.2) is 0 Å². The molecule has 1 heterocycles. The van der Waals surface area contributed by atoms with Crippen molar-refractivity contribution in [3.05, 3.63) is 29.3 Å². The zero-order chi connectivity index (χ0) is 25.3. The highest BCUT2D eigenvalue weighted by Crippen LogP contribution is 2.21. The highest BCUT2D eigenvalue weighted by Gasteiger charge is 2.26. The molecule has 1 aromatic rings. The minimum absolute atomic E-state index is 0.0347. The summed E-state index contributed by atoms with van der Waals surface area (Å²) in [6.45, 7) is 9.49. The van der Waals surface area contributed by atoms with Crippen LogP contribution in [0.4, 0.5) is 10.5 Å². The van der Waals surface area contributed by atoms with Crippen LogP contribution in [0.15, 0.2) is 18.2 Å². The van der Waals surface area contributed by atoms with E-state index < -0.39 is 18.4 Å². The lowest BCUT2D eigenvalue weighted by Gasteiger charge is -2.30. The minimum atomic E-state index is -1.000. The van der Waals surface area contributed by atoms with Gasteiger partial charge in [-0.1, -0.05) is 31.8 Å². The third-order valence-electron chi connectivity index (χ3n) is 5.39. The molecule has 9 nitrogen and oxygen atoms in total. The molecule has 0 radical (unpaired) electrons. The van der Waals surface area contributed by atoms with E-state index in [1.807, 2.05) is 19.1 Å². The molecule has 0 saturated carbocycles. The first-order chi connectivity index (χ1) is 16.1. The smallest absolute Gasteiger partial charge is 0.410 e. The second-order valence-electron chi connectivity index (χ2n) is 8.52. The normalized spacial score (nSPS) is 14.5. The summed E-state index contributed by atoms with van der Waals surface area (Å²) in [5, 5.41) is 5.42. The van der Waals surface area contributed by atoms with Gasteiger partial charge >= 0.3 is 12.1 Å². The summed E-state index contributed by atoms with van der Waals surface area (Å²) in [5.41, 5.74) is 2.29. The van der Waals surface area contributed by atoms with Crippen molar-refractivity contribution in [2.45, 2.75) is 53.8 Å². The molecule has 34 heavy (non-hydrogen) atoms. The molecule has 0 bridgehead atoms. The van der Waals surface area contributed by atoms with Crippen molar-refractivity contribution in [1.29, 1.82) is 0 Å². The molecule has 1 atom stereocenters. The van der Waals surface area contributed by atoms with Crippen LogP contribution in [0.2, 0.25) is 0 Å². The average molecular weight is 472 g/mol. The van der Waals surface area contributed by atoms with E-state index in [4.69, 9.17) is 9.47 Å². The van der Waals surface area contributed by atoms with E-state index >= 15 is 0 Å². The topological polar surface area (TPSA) is 114 Å². The van der Waals surface area contributed by atoms with E-state index in [2.05, 4.69) is 22.5 Å². The molecule has 1 fully saturated rings. The van der Waals surface area contributed by atoms with Gasteiger partial charge in [0.2, 0.25) is 18.1 Å². The lowest BCUT2D eigenvalue weighted by Crippen LogP contribution is -2.40. The van der Waals surface area contributed by atoms with Crippen molar-refractivity contribution in [3.63, 3.8) is 0 Å². The number of hydrogen-bond acceptors (Lipinski definition) is 6. The van der Waals surface area contributed by atoms with Gasteiger partial charge in [-0.3, -0.25) is 14.4 Å². The van der Waals surface area contributed by atoms with Crippen molar-refractivity contribution in [3.8, 4) is 11.8 Å². The van der Waals surface area contributed by atoms with Crippen molar-refractivity contribution < 1.29 is 28.7 Å². The van der Waals surface area contributed by atoms with Crippen molar-refractivity contribution >= 4 is 29.6 Å². The largest absolute Gasteiger partial charge is 0.425 e. The van der Waals surface area contributed by atoms with Crippen molar-refractivity contribution in [2.24, 2.45) is 11.8 Å². The van der Waals surface area contributed by atoms with E-state index in [1.54, 1.807) is 31.7 Å². The van der Waals surface area contributed by atoms with Gasteiger partial charge < -0.3 is 25.0 Å². The fourth-order valence-corrected chi connectivity index (χ4v) is 3.31. The minimum Gasteiger partial charge on any atom is -0.425 e. The second kappa shape index (κ2) is 12.6. The number of ether oxygens (including phenoxy) is 2. The van der Waals surface area contributed by atoms with Gasteiger partial charge in [-0.05, 0) is 37.5 Å². The van der Waals surface area contributed by atoms with Crippen LogP contribution < -0.4 is 10.6 Å². The number of anilines is 1. The molecule has 0 aromatic heterocycles. The molecule has 1 aliphatic heterocycles. The number of carbonyl (C=O) groups excluding carboxylic acids is 4. The third-order valence-corrected chi connectivity index (χ3v) is 5.39. The molecule has 2 rings (SSSR count). The summed E-state index contributed by atoms with van der Waals surface area (Å²) < 4.78 is 9.93. The van der Waals surface area contributed by atoms with Gasteiger partial charge in [0, 0.05) is 44.1 Å².